The van der Waals surface area contributed by atoms with Crippen LogP contribution >= 0.6 is 0 Å². The lowest BCUT2D eigenvalue weighted by Gasteiger charge is -2.25. The average molecular weight is 231 g/mol. The molecule has 1 aliphatic carbocycles. The van der Waals surface area contributed by atoms with E-state index in [1.54, 1.807) is 0 Å². The highest BCUT2D eigenvalue weighted by atomic mass is 15.0. The monoisotopic (exact) mass is 231 g/mol. The Morgan fingerprint density at radius 3 is 2.29 bits per heavy atom. The smallest absolute Gasteiger partial charge is 0.0325 e. The molecule has 2 unspecified atom stereocenters. The molecule has 1 saturated carbocycles. The van der Waals surface area contributed by atoms with Gasteiger partial charge in [0.1, 0.15) is 0 Å². The maximum Gasteiger partial charge on any atom is 0.0325 e. The summed E-state index contributed by atoms with van der Waals surface area (Å²) in [5.74, 6) is 1.66. The van der Waals surface area contributed by atoms with Gasteiger partial charge in [-0.2, -0.15) is 0 Å². The second-order valence-corrected chi connectivity index (χ2v) is 5.89. The highest BCUT2D eigenvalue weighted by Crippen LogP contribution is 2.34. The van der Waals surface area contributed by atoms with E-state index in [9.17, 15) is 0 Å². The molecule has 94 valence electrons. The predicted molar refractivity (Wildman–Crippen MR) is 74.0 cm³/mol. The Morgan fingerprint density at radius 1 is 1.12 bits per heavy atom. The summed E-state index contributed by atoms with van der Waals surface area (Å²) in [6.45, 7) is 6.95. The molecule has 1 fully saturated rings. The molecule has 1 aliphatic rings. The minimum atomic E-state index is 0.520. The molecule has 1 aromatic rings. The van der Waals surface area contributed by atoms with Crippen LogP contribution in [0.5, 0.6) is 0 Å². The van der Waals surface area contributed by atoms with Crippen molar-refractivity contribution in [3.8, 4) is 0 Å². The molecule has 2 rings (SSSR count). The summed E-state index contributed by atoms with van der Waals surface area (Å²) >= 11 is 0. The number of hydrogen-bond donors (Lipinski definition) is 1. The number of rotatable bonds is 6. The van der Waals surface area contributed by atoms with Crippen molar-refractivity contribution in [2.75, 3.05) is 0 Å². The fourth-order valence-electron chi connectivity index (χ4n) is 2.51. The van der Waals surface area contributed by atoms with E-state index in [1.807, 2.05) is 0 Å². The van der Waals surface area contributed by atoms with Crippen molar-refractivity contribution in [1.82, 2.24) is 5.32 Å². The van der Waals surface area contributed by atoms with Crippen LogP contribution in [0.15, 0.2) is 30.3 Å². The molecular formula is C16H25N. The van der Waals surface area contributed by atoms with Crippen LogP contribution in [-0.4, -0.2) is 6.04 Å². The van der Waals surface area contributed by atoms with Gasteiger partial charge in [0.2, 0.25) is 0 Å². The minimum Gasteiger partial charge on any atom is -0.307 e. The molecule has 0 bridgehead atoms. The number of hydrogen-bond acceptors (Lipinski definition) is 1. The maximum absolute atomic E-state index is 3.83. The summed E-state index contributed by atoms with van der Waals surface area (Å²) in [5.41, 5.74) is 1.44. The second kappa shape index (κ2) is 5.68. The number of nitrogens with one attached hydrogen (secondary N) is 1. The Bertz CT molecular complexity index is 327. The Kier molecular flexibility index (Phi) is 4.22. The summed E-state index contributed by atoms with van der Waals surface area (Å²) in [4.78, 5) is 0. The molecule has 1 N–H and O–H groups in total. The van der Waals surface area contributed by atoms with Crippen LogP contribution in [0.1, 0.15) is 51.6 Å². The largest absolute Gasteiger partial charge is 0.307 e. The van der Waals surface area contributed by atoms with Crippen LogP contribution in [-0.2, 0) is 0 Å². The molecule has 1 aromatic carbocycles. The third-order valence-corrected chi connectivity index (χ3v) is 3.70. The van der Waals surface area contributed by atoms with Gasteiger partial charge in [0.15, 0.2) is 0 Å². The zero-order chi connectivity index (χ0) is 12.3. The highest BCUT2D eigenvalue weighted by Gasteiger charge is 2.29. The maximum atomic E-state index is 3.83. The van der Waals surface area contributed by atoms with Gasteiger partial charge in [0, 0.05) is 12.1 Å². The molecule has 0 aliphatic heterocycles. The fraction of sp³-hybridized carbons (Fsp3) is 0.625. The minimum absolute atomic E-state index is 0.520. The third-order valence-electron chi connectivity index (χ3n) is 3.70. The van der Waals surface area contributed by atoms with Gasteiger partial charge in [0.25, 0.3) is 0 Å². The van der Waals surface area contributed by atoms with Crippen molar-refractivity contribution in [3.05, 3.63) is 35.9 Å². The van der Waals surface area contributed by atoms with Gasteiger partial charge in [-0.05, 0) is 43.6 Å². The second-order valence-electron chi connectivity index (χ2n) is 5.89. The van der Waals surface area contributed by atoms with Crippen molar-refractivity contribution in [1.29, 1.82) is 0 Å². The van der Waals surface area contributed by atoms with E-state index >= 15 is 0 Å². The quantitative estimate of drug-likeness (QED) is 0.775. The summed E-state index contributed by atoms with van der Waals surface area (Å²) in [7, 11) is 0. The van der Waals surface area contributed by atoms with Crippen molar-refractivity contribution in [3.63, 3.8) is 0 Å². The fourth-order valence-corrected chi connectivity index (χ4v) is 2.51. The Balaban J connectivity index is 2.02. The Morgan fingerprint density at radius 2 is 1.76 bits per heavy atom. The molecule has 1 heteroatoms. The van der Waals surface area contributed by atoms with E-state index in [0.29, 0.717) is 12.1 Å². The number of benzene rings is 1. The zero-order valence-corrected chi connectivity index (χ0v) is 11.3. The molecular weight excluding hydrogens is 206 g/mol. The first kappa shape index (κ1) is 12.6. The Labute approximate surface area is 106 Å². The van der Waals surface area contributed by atoms with E-state index in [1.165, 1.54) is 24.8 Å². The van der Waals surface area contributed by atoms with Crippen LogP contribution in [0, 0.1) is 11.8 Å². The summed E-state index contributed by atoms with van der Waals surface area (Å²) in [6, 6.07) is 12.1. The average Bonchev–Trinajstić information content (AvgIpc) is 3.12. The molecule has 0 spiro atoms. The normalized spacial score (nSPS) is 19.3. The summed E-state index contributed by atoms with van der Waals surface area (Å²) < 4.78 is 0. The Hall–Kier alpha value is -0.820. The molecule has 0 aromatic heterocycles. The lowest BCUT2D eigenvalue weighted by molar-refractivity contribution is 0.370. The van der Waals surface area contributed by atoms with Gasteiger partial charge < -0.3 is 5.32 Å². The van der Waals surface area contributed by atoms with E-state index in [-0.39, 0.29) is 0 Å². The summed E-state index contributed by atoms with van der Waals surface area (Å²) in [5, 5.41) is 3.83. The van der Waals surface area contributed by atoms with E-state index in [4.69, 9.17) is 0 Å². The molecule has 17 heavy (non-hydrogen) atoms. The van der Waals surface area contributed by atoms with Crippen LogP contribution in [0.4, 0.5) is 0 Å². The van der Waals surface area contributed by atoms with Gasteiger partial charge in [-0.3, -0.25) is 0 Å². The first-order chi connectivity index (χ1) is 8.16. The van der Waals surface area contributed by atoms with Gasteiger partial charge in [-0.1, -0.05) is 44.2 Å². The SMILES string of the molecule is CC(C)CC(NC(C)C1CC1)c1ccccc1. The predicted octanol–water partition coefficient (Wildman–Crippen LogP) is 4.16. The van der Waals surface area contributed by atoms with Crippen molar-refractivity contribution >= 4 is 0 Å². The van der Waals surface area contributed by atoms with Crippen LogP contribution in [0.3, 0.4) is 0 Å². The lowest BCUT2D eigenvalue weighted by atomic mass is 9.96. The first-order valence-corrected chi connectivity index (χ1v) is 6.98. The lowest BCUT2D eigenvalue weighted by Crippen LogP contribution is -2.32. The van der Waals surface area contributed by atoms with Gasteiger partial charge in [0.05, 0.1) is 0 Å². The van der Waals surface area contributed by atoms with Crippen LogP contribution < -0.4 is 5.32 Å². The van der Waals surface area contributed by atoms with Gasteiger partial charge >= 0.3 is 0 Å². The first-order valence-electron chi connectivity index (χ1n) is 6.98. The van der Waals surface area contributed by atoms with Crippen LogP contribution in [0.2, 0.25) is 0 Å². The van der Waals surface area contributed by atoms with Crippen molar-refractivity contribution in [2.45, 2.75) is 52.1 Å². The van der Waals surface area contributed by atoms with Crippen molar-refractivity contribution in [2.24, 2.45) is 11.8 Å². The van der Waals surface area contributed by atoms with Gasteiger partial charge in [-0.15, -0.1) is 0 Å². The molecule has 1 nitrogen and oxygen atoms in total. The van der Waals surface area contributed by atoms with E-state index < -0.39 is 0 Å². The van der Waals surface area contributed by atoms with Crippen molar-refractivity contribution < 1.29 is 0 Å². The molecule has 0 saturated heterocycles. The third kappa shape index (κ3) is 3.85. The van der Waals surface area contributed by atoms with E-state index in [2.05, 4.69) is 56.4 Å². The molecule has 2 atom stereocenters. The zero-order valence-electron chi connectivity index (χ0n) is 11.3. The molecule has 0 radical (unpaired) electrons. The van der Waals surface area contributed by atoms with Gasteiger partial charge in [-0.25, -0.2) is 0 Å². The van der Waals surface area contributed by atoms with Crippen LogP contribution in [0.25, 0.3) is 0 Å². The summed E-state index contributed by atoms with van der Waals surface area (Å²) in [6.07, 6.45) is 4.05. The molecule has 0 amide bonds. The van der Waals surface area contributed by atoms with E-state index in [0.717, 1.165) is 11.8 Å². The highest BCUT2D eigenvalue weighted by molar-refractivity contribution is 5.19. The molecule has 0 heterocycles. The standard InChI is InChI=1S/C16H25N/c1-12(2)11-16(15-7-5-4-6-8-15)17-13(3)14-9-10-14/h4-8,12-14,16-17H,9-11H2,1-3H3. The topological polar surface area (TPSA) is 12.0 Å².